The molecule has 0 amide bonds. The topological polar surface area (TPSA) is 55.6 Å². The number of aromatic nitrogens is 4. The molecule has 0 saturated carbocycles. The van der Waals surface area contributed by atoms with Crippen molar-refractivity contribution < 1.29 is 0 Å². The predicted molar refractivity (Wildman–Crippen MR) is 87.1 cm³/mol. The number of benzene rings is 1. The molecule has 1 N–H and O–H groups in total. The molecule has 0 saturated heterocycles. The summed E-state index contributed by atoms with van der Waals surface area (Å²) in [7, 11) is 0. The van der Waals surface area contributed by atoms with E-state index in [1.165, 1.54) is 5.56 Å². The molecule has 0 radical (unpaired) electrons. The summed E-state index contributed by atoms with van der Waals surface area (Å²) in [5.41, 5.74) is 3.25. The van der Waals surface area contributed by atoms with Gasteiger partial charge in [0.1, 0.15) is 11.6 Å². The van der Waals surface area contributed by atoms with E-state index in [0.717, 1.165) is 35.4 Å². The first-order valence-corrected chi connectivity index (χ1v) is 7.29. The minimum Gasteiger partial charge on any atom is -0.366 e. The van der Waals surface area contributed by atoms with Gasteiger partial charge in [0, 0.05) is 18.3 Å². The second kappa shape index (κ2) is 5.97. The Kier molecular flexibility index (Phi) is 3.87. The van der Waals surface area contributed by atoms with Crippen molar-refractivity contribution in [3.63, 3.8) is 0 Å². The van der Waals surface area contributed by atoms with Crippen LogP contribution in [0.15, 0.2) is 42.5 Å². The van der Waals surface area contributed by atoms with Crippen molar-refractivity contribution in [1.29, 1.82) is 0 Å². The van der Waals surface area contributed by atoms with Crippen LogP contribution in [0.3, 0.4) is 0 Å². The van der Waals surface area contributed by atoms with E-state index >= 15 is 0 Å². The molecule has 1 aromatic carbocycles. The Hall–Kier alpha value is -2.69. The summed E-state index contributed by atoms with van der Waals surface area (Å²) < 4.78 is 1.84. The maximum Gasteiger partial charge on any atom is 0.159 e. The first-order chi connectivity index (χ1) is 10.6. The van der Waals surface area contributed by atoms with Crippen LogP contribution in [0.5, 0.6) is 0 Å². The van der Waals surface area contributed by atoms with Gasteiger partial charge in [-0.3, -0.25) is 0 Å². The zero-order valence-corrected chi connectivity index (χ0v) is 13.0. The molecule has 3 rings (SSSR count). The summed E-state index contributed by atoms with van der Waals surface area (Å²) in [6.07, 6.45) is 0. The molecule has 0 aliphatic rings. The van der Waals surface area contributed by atoms with Gasteiger partial charge >= 0.3 is 0 Å². The SMILES string of the molecule is Cc1cc(C)n(-c2cc(NCc3ccccc3)nc(C)n2)n1. The molecule has 5 nitrogen and oxygen atoms in total. The Morgan fingerprint density at radius 1 is 1.00 bits per heavy atom. The standard InChI is InChI=1S/C17H19N5/c1-12-9-13(2)22(21-12)17-10-16(19-14(3)20-17)18-11-15-7-5-4-6-8-15/h4-10H,11H2,1-3H3,(H,18,19,20). The van der Waals surface area contributed by atoms with Crippen LogP contribution in [0, 0.1) is 20.8 Å². The van der Waals surface area contributed by atoms with Crippen LogP contribution in [-0.4, -0.2) is 19.7 Å². The van der Waals surface area contributed by atoms with E-state index in [0.29, 0.717) is 0 Å². The quantitative estimate of drug-likeness (QED) is 0.802. The average Bonchev–Trinajstić information content (AvgIpc) is 2.84. The highest BCUT2D eigenvalue weighted by molar-refractivity contribution is 5.42. The molecule has 22 heavy (non-hydrogen) atoms. The zero-order valence-electron chi connectivity index (χ0n) is 13.0. The van der Waals surface area contributed by atoms with E-state index in [1.54, 1.807) is 0 Å². The van der Waals surface area contributed by atoms with E-state index in [9.17, 15) is 0 Å². The Morgan fingerprint density at radius 2 is 1.77 bits per heavy atom. The van der Waals surface area contributed by atoms with Crippen molar-refractivity contribution >= 4 is 5.82 Å². The first-order valence-electron chi connectivity index (χ1n) is 7.29. The normalized spacial score (nSPS) is 10.7. The van der Waals surface area contributed by atoms with E-state index < -0.39 is 0 Å². The number of rotatable bonds is 4. The summed E-state index contributed by atoms with van der Waals surface area (Å²) >= 11 is 0. The third-order valence-corrected chi connectivity index (χ3v) is 3.37. The lowest BCUT2D eigenvalue weighted by Gasteiger charge is -2.09. The highest BCUT2D eigenvalue weighted by Crippen LogP contribution is 2.14. The molecule has 112 valence electrons. The molecule has 0 bridgehead atoms. The smallest absolute Gasteiger partial charge is 0.159 e. The second-order valence-corrected chi connectivity index (χ2v) is 5.34. The Balaban J connectivity index is 1.85. The fraction of sp³-hybridized carbons (Fsp3) is 0.235. The van der Waals surface area contributed by atoms with Gasteiger partial charge < -0.3 is 5.32 Å². The van der Waals surface area contributed by atoms with Crippen molar-refractivity contribution in [3.05, 3.63) is 65.2 Å². The van der Waals surface area contributed by atoms with Gasteiger partial charge in [-0.15, -0.1) is 0 Å². The molecule has 5 heteroatoms. The number of nitrogens with one attached hydrogen (secondary N) is 1. The minimum atomic E-state index is 0.723. The van der Waals surface area contributed by atoms with Crippen LogP contribution in [0.2, 0.25) is 0 Å². The van der Waals surface area contributed by atoms with Crippen molar-refractivity contribution in [2.24, 2.45) is 0 Å². The van der Waals surface area contributed by atoms with E-state index in [4.69, 9.17) is 0 Å². The predicted octanol–water partition coefficient (Wildman–Crippen LogP) is 3.20. The van der Waals surface area contributed by atoms with Gasteiger partial charge in [0.2, 0.25) is 0 Å². The summed E-state index contributed by atoms with van der Waals surface area (Å²) in [6.45, 7) is 6.62. The van der Waals surface area contributed by atoms with Gasteiger partial charge in [0.05, 0.1) is 5.69 Å². The fourth-order valence-electron chi connectivity index (χ4n) is 2.40. The Morgan fingerprint density at radius 3 is 2.45 bits per heavy atom. The first kappa shape index (κ1) is 14.3. The molecular weight excluding hydrogens is 274 g/mol. The van der Waals surface area contributed by atoms with Gasteiger partial charge in [-0.25, -0.2) is 14.6 Å². The molecule has 0 aliphatic carbocycles. The van der Waals surface area contributed by atoms with Gasteiger partial charge in [-0.1, -0.05) is 30.3 Å². The summed E-state index contributed by atoms with van der Waals surface area (Å²) in [6, 6.07) is 14.2. The van der Waals surface area contributed by atoms with Gasteiger partial charge in [0.25, 0.3) is 0 Å². The summed E-state index contributed by atoms with van der Waals surface area (Å²) in [5.74, 6) is 2.31. The van der Waals surface area contributed by atoms with E-state index in [2.05, 4.69) is 32.5 Å². The van der Waals surface area contributed by atoms with Gasteiger partial charge in [-0.05, 0) is 32.4 Å². The van der Waals surface area contributed by atoms with Crippen LogP contribution in [0.25, 0.3) is 5.82 Å². The molecule has 2 heterocycles. The zero-order chi connectivity index (χ0) is 15.5. The molecule has 0 aliphatic heterocycles. The fourth-order valence-corrected chi connectivity index (χ4v) is 2.40. The van der Waals surface area contributed by atoms with Gasteiger partial charge in [-0.2, -0.15) is 5.10 Å². The number of hydrogen-bond donors (Lipinski definition) is 1. The van der Waals surface area contributed by atoms with Crippen molar-refractivity contribution in [2.75, 3.05) is 5.32 Å². The number of aryl methyl sites for hydroxylation is 3. The van der Waals surface area contributed by atoms with Crippen molar-refractivity contribution in [1.82, 2.24) is 19.7 Å². The number of anilines is 1. The van der Waals surface area contributed by atoms with Crippen LogP contribution in [0.4, 0.5) is 5.82 Å². The third-order valence-electron chi connectivity index (χ3n) is 3.37. The molecule has 3 aromatic rings. The lowest BCUT2D eigenvalue weighted by Crippen LogP contribution is -2.08. The summed E-state index contributed by atoms with van der Waals surface area (Å²) in [5, 5.41) is 7.83. The third kappa shape index (κ3) is 3.14. The monoisotopic (exact) mass is 293 g/mol. The van der Waals surface area contributed by atoms with Crippen molar-refractivity contribution in [3.8, 4) is 5.82 Å². The van der Waals surface area contributed by atoms with Crippen molar-refractivity contribution in [2.45, 2.75) is 27.3 Å². The lowest BCUT2D eigenvalue weighted by molar-refractivity contribution is 0.793. The van der Waals surface area contributed by atoms with Gasteiger partial charge in [0.15, 0.2) is 5.82 Å². The maximum absolute atomic E-state index is 4.48. The van der Waals surface area contributed by atoms with Crippen LogP contribution in [-0.2, 0) is 6.54 Å². The summed E-state index contributed by atoms with van der Waals surface area (Å²) in [4.78, 5) is 8.93. The molecule has 2 aromatic heterocycles. The minimum absolute atomic E-state index is 0.723. The highest BCUT2D eigenvalue weighted by Gasteiger charge is 2.08. The maximum atomic E-state index is 4.48. The molecule has 0 atom stereocenters. The highest BCUT2D eigenvalue weighted by atomic mass is 15.3. The van der Waals surface area contributed by atoms with Crippen LogP contribution >= 0.6 is 0 Å². The number of nitrogens with zero attached hydrogens (tertiary/aromatic N) is 4. The lowest BCUT2D eigenvalue weighted by atomic mass is 10.2. The van der Waals surface area contributed by atoms with E-state index in [1.807, 2.05) is 55.8 Å². The largest absolute Gasteiger partial charge is 0.366 e. The molecule has 0 spiro atoms. The molecule has 0 unspecified atom stereocenters. The Bertz CT molecular complexity index is 777. The Labute approximate surface area is 130 Å². The second-order valence-electron chi connectivity index (χ2n) is 5.34. The van der Waals surface area contributed by atoms with Crippen LogP contribution < -0.4 is 5.32 Å². The molecule has 0 fully saturated rings. The molecular formula is C17H19N5. The number of hydrogen-bond acceptors (Lipinski definition) is 4. The average molecular weight is 293 g/mol. The van der Waals surface area contributed by atoms with E-state index in [-0.39, 0.29) is 0 Å². The van der Waals surface area contributed by atoms with Crippen LogP contribution in [0.1, 0.15) is 22.8 Å².